The smallest absolute Gasteiger partial charge is 0.0355 e. The molecule has 1 aromatic rings. The van der Waals surface area contributed by atoms with Crippen LogP contribution in [0.15, 0.2) is 41.8 Å². The highest BCUT2D eigenvalue weighted by atomic mass is 14.7. The fourth-order valence-corrected chi connectivity index (χ4v) is 0.667. The van der Waals surface area contributed by atoms with Crippen molar-refractivity contribution in [3.63, 3.8) is 0 Å². The van der Waals surface area contributed by atoms with Crippen LogP contribution in [-0.2, 0) is 0 Å². The zero-order valence-corrected chi connectivity index (χ0v) is 6.44. The lowest BCUT2D eigenvalue weighted by Crippen LogP contribution is -1.79. The Morgan fingerprint density at radius 3 is 3.09 bits per heavy atom. The summed E-state index contributed by atoms with van der Waals surface area (Å²) in [5.74, 6) is 0. The van der Waals surface area contributed by atoms with Crippen LogP contribution in [0, 0.1) is 0 Å². The highest BCUT2D eigenvalue weighted by molar-refractivity contribution is 5.79. The number of hydrogen-bond donors (Lipinski definition) is 0. The number of allylic oxidation sites excluding steroid dienone is 1. The third-order valence-electron chi connectivity index (χ3n) is 1.14. The van der Waals surface area contributed by atoms with Crippen molar-refractivity contribution in [2.45, 2.75) is 6.92 Å². The van der Waals surface area contributed by atoms with Crippen LogP contribution in [0.3, 0.4) is 0 Å². The average molecular weight is 146 g/mol. The predicted octanol–water partition coefficient (Wildman–Crippen LogP) is 2.03. The van der Waals surface area contributed by atoms with Crippen molar-refractivity contribution in [3.8, 4) is 0 Å². The molecule has 2 heteroatoms. The first-order valence-corrected chi connectivity index (χ1v) is 3.48. The van der Waals surface area contributed by atoms with Crippen molar-refractivity contribution >= 4 is 6.21 Å². The molecule has 1 rings (SSSR count). The predicted molar refractivity (Wildman–Crippen MR) is 46.6 cm³/mol. The molecule has 0 aliphatic carbocycles. The molecule has 0 bridgehead atoms. The van der Waals surface area contributed by atoms with Gasteiger partial charge in [0.25, 0.3) is 0 Å². The molecule has 0 fully saturated rings. The van der Waals surface area contributed by atoms with Gasteiger partial charge in [-0.1, -0.05) is 12.1 Å². The lowest BCUT2D eigenvalue weighted by molar-refractivity contribution is 1.32. The molecule has 0 unspecified atom stereocenters. The molecule has 0 saturated heterocycles. The van der Waals surface area contributed by atoms with E-state index in [2.05, 4.69) is 9.98 Å². The molecule has 0 aliphatic heterocycles. The summed E-state index contributed by atoms with van der Waals surface area (Å²) in [6.07, 6.45) is 8.91. The number of aromatic nitrogens is 1. The molecule has 1 heterocycles. The maximum absolute atomic E-state index is 4.01. The van der Waals surface area contributed by atoms with Gasteiger partial charge in [0.2, 0.25) is 0 Å². The molecule has 11 heavy (non-hydrogen) atoms. The van der Waals surface area contributed by atoms with Gasteiger partial charge in [-0.2, -0.15) is 0 Å². The SMILES string of the molecule is C/C=C/N=Cc1cccnc1. The quantitative estimate of drug-likeness (QED) is 0.586. The topological polar surface area (TPSA) is 25.2 Å². The Kier molecular flexibility index (Phi) is 3.06. The second kappa shape index (κ2) is 4.39. The van der Waals surface area contributed by atoms with Crippen LogP contribution >= 0.6 is 0 Å². The van der Waals surface area contributed by atoms with Crippen molar-refractivity contribution in [3.05, 3.63) is 42.4 Å². The van der Waals surface area contributed by atoms with Crippen molar-refractivity contribution < 1.29 is 0 Å². The molecule has 0 aromatic carbocycles. The Labute approximate surface area is 66.3 Å². The van der Waals surface area contributed by atoms with Gasteiger partial charge in [-0.3, -0.25) is 9.98 Å². The van der Waals surface area contributed by atoms with Gasteiger partial charge in [0.1, 0.15) is 0 Å². The Hall–Kier alpha value is -1.44. The molecule has 0 amide bonds. The minimum Gasteiger partial charge on any atom is -0.264 e. The Bertz CT molecular complexity index is 250. The van der Waals surface area contributed by atoms with Gasteiger partial charge in [-0.05, 0) is 13.0 Å². The van der Waals surface area contributed by atoms with E-state index in [9.17, 15) is 0 Å². The lowest BCUT2D eigenvalue weighted by atomic mass is 10.3. The molecule has 0 saturated carbocycles. The van der Waals surface area contributed by atoms with E-state index in [1.165, 1.54) is 0 Å². The van der Waals surface area contributed by atoms with Gasteiger partial charge in [0.15, 0.2) is 0 Å². The largest absolute Gasteiger partial charge is 0.264 e. The first kappa shape index (κ1) is 7.66. The summed E-state index contributed by atoms with van der Waals surface area (Å²) in [6.45, 7) is 1.93. The summed E-state index contributed by atoms with van der Waals surface area (Å²) in [7, 11) is 0. The van der Waals surface area contributed by atoms with E-state index in [4.69, 9.17) is 0 Å². The van der Waals surface area contributed by atoms with Gasteiger partial charge in [-0.25, -0.2) is 0 Å². The van der Waals surface area contributed by atoms with E-state index in [1.807, 2.05) is 25.1 Å². The highest BCUT2D eigenvalue weighted by Crippen LogP contribution is 1.90. The van der Waals surface area contributed by atoms with E-state index >= 15 is 0 Å². The highest BCUT2D eigenvalue weighted by Gasteiger charge is 1.80. The lowest BCUT2D eigenvalue weighted by Gasteiger charge is -1.86. The van der Waals surface area contributed by atoms with Crippen molar-refractivity contribution in [2.75, 3.05) is 0 Å². The molecule has 0 radical (unpaired) electrons. The zero-order chi connectivity index (χ0) is 7.94. The monoisotopic (exact) mass is 146 g/mol. The van der Waals surface area contributed by atoms with Crippen LogP contribution in [0.25, 0.3) is 0 Å². The van der Waals surface area contributed by atoms with Gasteiger partial charge < -0.3 is 0 Å². The molecule has 0 aliphatic rings. The second-order valence-electron chi connectivity index (χ2n) is 2.05. The van der Waals surface area contributed by atoms with Gasteiger partial charge >= 0.3 is 0 Å². The van der Waals surface area contributed by atoms with E-state index in [1.54, 1.807) is 24.8 Å². The molecular formula is C9H10N2. The molecule has 1 aromatic heterocycles. The number of rotatable bonds is 2. The van der Waals surface area contributed by atoms with Crippen LogP contribution in [0.4, 0.5) is 0 Å². The maximum Gasteiger partial charge on any atom is 0.0355 e. The molecule has 0 spiro atoms. The van der Waals surface area contributed by atoms with Crippen molar-refractivity contribution in [1.82, 2.24) is 4.98 Å². The van der Waals surface area contributed by atoms with Crippen LogP contribution in [-0.4, -0.2) is 11.2 Å². The Morgan fingerprint density at radius 1 is 1.55 bits per heavy atom. The summed E-state index contributed by atoms with van der Waals surface area (Å²) in [6, 6.07) is 3.84. The standard InChI is InChI=1S/C9H10N2/c1-2-5-10-7-9-4-3-6-11-8-9/h2-8H,1H3/b5-2+,10-7?. The Morgan fingerprint density at radius 2 is 2.45 bits per heavy atom. The van der Waals surface area contributed by atoms with E-state index < -0.39 is 0 Å². The summed E-state index contributed by atoms with van der Waals surface area (Å²) >= 11 is 0. The summed E-state index contributed by atoms with van der Waals surface area (Å²) in [5.41, 5.74) is 1.02. The number of aliphatic imine (C=N–C) groups is 1. The number of hydrogen-bond acceptors (Lipinski definition) is 2. The summed E-state index contributed by atoms with van der Waals surface area (Å²) in [4.78, 5) is 7.96. The molecule has 56 valence electrons. The number of nitrogens with zero attached hydrogens (tertiary/aromatic N) is 2. The fraction of sp³-hybridized carbons (Fsp3) is 0.111. The third-order valence-corrected chi connectivity index (χ3v) is 1.14. The minimum atomic E-state index is 1.02. The Balaban J connectivity index is 2.64. The molecular weight excluding hydrogens is 136 g/mol. The van der Waals surface area contributed by atoms with Crippen LogP contribution in [0.1, 0.15) is 12.5 Å². The van der Waals surface area contributed by atoms with E-state index in [0.717, 1.165) is 5.56 Å². The fourth-order valence-electron chi connectivity index (χ4n) is 0.667. The molecule has 2 nitrogen and oxygen atoms in total. The van der Waals surface area contributed by atoms with Gasteiger partial charge in [0.05, 0.1) is 0 Å². The van der Waals surface area contributed by atoms with Crippen molar-refractivity contribution in [1.29, 1.82) is 0 Å². The zero-order valence-electron chi connectivity index (χ0n) is 6.44. The van der Waals surface area contributed by atoms with E-state index in [0.29, 0.717) is 0 Å². The maximum atomic E-state index is 4.01. The summed E-state index contributed by atoms with van der Waals surface area (Å²) < 4.78 is 0. The first-order valence-electron chi connectivity index (χ1n) is 3.48. The number of pyridine rings is 1. The molecule has 0 N–H and O–H groups in total. The first-order chi connectivity index (χ1) is 5.43. The minimum absolute atomic E-state index is 1.02. The van der Waals surface area contributed by atoms with E-state index in [-0.39, 0.29) is 0 Å². The molecule has 0 atom stereocenters. The average Bonchev–Trinajstić information content (AvgIpc) is 2.07. The van der Waals surface area contributed by atoms with Crippen LogP contribution in [0.5, 0.6) is 0 Å². The normalized spacial score (nSPS) is 11.4. The van der Waals surface area contributed by atoms with Gasteiger partial charge in [-0.15, -0.1) is 0 Å². The van der Waals surface area contributed by atoms with Crippen LogP contribution < -0.4 is 0 Å². The van der Waals surface area contributed by atoms with Crippen molar-refractivity contribution in [2.24, 2.45) is 4.99 Å². The second-order valence-corrected chi connectivity index (χ2v) is 2.05. The van der Waals surface area contributed by atoms with Crippen LogP contribution in [0.2, 0.25) is 0 Å². The third kappa shape index (κ3) is 2.76. The summed E-state index contributed by atoms with van der Waals surface area (Å²) in [5, 5.41) is 0. The van der Waals surface area contributed by atoms with Gasteiger partial charge in [0, 0.05) is 30.4 Å².